The molecule has 1 heterocycles. The highest BCUT2D eigenvalue weighted by Gasteiger charge is 2.06. The molecule has 0 saturated heterocycles. The second-order valence-corrected chi connectivity index (χ2v) is 3.65. The summed E-state index contributed by atoms with van der Waals surface area (Å²) in [5.41, 5.74) is 1.38. The monoisotopic (exact) mass is 230 g/mol. The summed E-state index contributed by atoms with van der Waals surface area (Å²) in [6.45, 7) is 2.72. The minimum absolute atomic E-state index is 0.208. The molecule has 88 valence electrons. The largest absolute Gasteiger partial charge is 0.493 e. The normalized spacial score (nSPS) is 10.2. The summed E-state index contributed by atoms with van der Waals surface area (Å²) in [7, 11) is 0. The Morgan fingerprint density at radius 2 is 2.06 bits per heavy atom. The Morgan fingerprint density at radius 3 is 2.76 bits per heavy atom. The van der Waals surface area contributed by atoms with Gasteiger partial charge in [-0.3, -0.25) is 4.79 Å². The molecule has 17 heavy (non-hydrogen) atoms. The van der Waals surface area contributed by atoms with Crippen LogP contribution in [0.5, 0.6) is 5.75 Å². The van der Waals surface area contributed by atoms with E-state index in [2.05, 4.69) is 17.1 Å². The maximum absolute atomic E-state index is 11.0. The first-order valence-electron chi connectivity index (χ1n) is 5.59. The van der Waals surface area contributed by atoms with E-state index in [0.29, 0.717) is 12.3 Å². The van der Waals surface area contributed by atoms with Crippen molar-refractivity contribution in [1.82, 2.24) is 10.2 Å². The fraction of sp³-hybridized carbons (Fsp3) is 0.231. The highest BCUT2D eigenvalue weighted by Crippen LogP contribution is 2.27. The molecule has 0 aliphatic carbocycles. The van der Waals surface area contributed by atoms with Crippen LogP contribution < -0.4 is 10.3 Å². The molecule has 4 heteroatoms. The molecule has 1 aromatic carbocycles. The molecular formula is C13H14N2O2. The fourth-order valence-corrected chi connectivity index (χ4v) is 1.51. The van der Waals surface area contributed by atoms with E-state index in [1.807, 2.05) is 24.3 Å². The standard InChI is InChI=1S/C13H14N2O2/c1-2-9-17-12-6-4-3-5-10(12)11-7-8-13(16)15-14-11/h3-8H,2,9H2,1H3,(H,15,16). The van der Waals surface area contributed by atoms with Crippen molar-refractivity contribution in [1.29, 1.82) is 0 Å². The molecule has 0 radical (unpaired) electrons. The summed E-state index contributed by atoms with van der Waals surface area (Å²) < 4.78 is 5.64. The molecule has 1 N–H and O–H groups in total. The average molecular weight is 230 g/mol. The molecule has 2 rings (SSSR count). The summed E-state index contributed by atoms with van der Waals surface area (Å²) >= 11 is 0. The molecule has 0 atom stereocenters. The van der Waals surface area contributed by atoms with Gasteiger partial charge in [-0.25, -0.2) is 5.10 Å². The zero-order valence-electron chi connectivity index (χ0n) is 9.64. The lowest BCUT2D eigenvalue weighted by Crippen LogP contribution is -2.06. The van der Waals surface area contributed by atoms with Gasteiger partial charge in [0.25, 0.3) is 5.56 Å². The van der Waals surface area contributed by atoms with Crippen LogP contribution in [0.4, 0.5) is 0 Å². The van der Waals surface area contributed by atoms with Gasteiger partial charge in [0, 0.05) is 11.6 Å². The predicted octanol–water partition coefficient (Wildman–Crippen LogP) is 2.23. The van der Waals surface area contributed by atoms with Crippen molar-refractivity contribution in [3.05, 3.63) is 46.8 Å². The van der Waals surface area contributed by atoms with E-state index >= 15 is 0 Å². The number of hydrogen-bond donors (Lipinski definition) is 1. The molecular weight excluding hydrogens is 216 g/mol. The van der Waals surface area contributed by atoms with Crippen LogP contribution in [0.3, 0.4) is 0 Å². The molecule has 0 aliphatic heterocycles. The minimum atomic E-state index is -0.208. The molecule has 0 spiro atoms. The minimum Gasteiger partial charge on any atom is -0.493 e. The number of ether oxygens (including phenoxy) is 1. The molecule has 0 saturated carbocycles. The van der Waals surface area contributed by atoms with E-state index in [1.54, 1.807) is 6.07 Å². The Hall–Kier alpha value is -2.10. The van der Waals surface area contributed by atoms with Crippen LogP contribution in [-0.2, 0) is 0 Å². The predicted molar refractivity (Wildman–Crippen MR) is 66.1 cm³/mol. The van der Waals surface area contributed by atoms with Gasteiger partial charge in [0.1, 0.15) is 5.75 Å². The molecule has 0 unspecified atom stereocenters. The second kappa shape index (κ2) is 5.30. The number of aromatic amines is 1. The van der Waals surface area contributed by atoms with Crippen LogP contribution in [0.15, 0.2) is 41.2 Å². The van der Waals surface area contributed by atoms with Gasteiger partial charge in [-0.05, 0) is 24.6 Å². The van der Waals surface area contributed by atoms with Crippen molar-refractivity contribution >= 4 is 0 Å². The van der Waals surface area contributed by atoms with E-state index in [9.17, 15) is 4.79 Å². The van der Waals surface area contributed by atoms with E-state index < -0.39 is 0 Å². The van der Waals surface area contributed by atoms with Crippen molar-refractivity contribution in [2.24, 2.45) is 0 Å². The Kier molecular flexibility index (Phi) is 3.55. The van der Waals surface area contributed by atoms with Gasteiger partial charge in [-0.1, -0.05) is 19.1 Å². The van der Waals surface area contributed by atoms with Gasteiger partial charge in [-0.15, -0.1) is 0 Å². The summed E-state index contributed by atoms with van der Waals surface area (Å²) in [5, 5.41) is 6.42. The lowest BCUT2D eigenvalue weighted by molar-refractivity contribution is 0.318. The molecule has 0 bridgehead atoms. The number of aromatic nitrogens is 2. The third-order valence-corrected chi connectivity index (χ3v) is 2.30. The molecule has 4 nitrogen and oxygen atoms in total. The number of H-pyrrole nitrogens is 1. The first-order valence-corrected chi connectivity index (χ1v) is 5.59. The number of rotatable bonds is 4. The van der Waals surface area contributed by atoms with Gasteiger partial charge in [-0.2, -0.15) is 5.10 Å². The topological polar surface area (TPSA) is 55.0 Å². The lowest BCUT2D eigenvalue weighted by Gasteiger charge is -2.09. The van der Waals surface area contributed by atoms with Gasteiger partial charge < -0.3 is 4.74 Å². The van der Waals surface area contributed by atoms with Crippen LogP contribution in [0.2, 0.25) is 0 Å². The highest BCUT2D eigenvalue weighted by atomic mass is 16.5. The van der Waals surface area contributed by atoms with Gasteiger partial charge in [0.2, 0.25) is 0 Å². The summed E-state index contributed by atoms with van der Waals surface area (Å²) in [6, 6.07) is 10.8. The van der Waals surface area contributed by atoms with Crippen LogP contribution in [0, 0.1) is 0 Å². The fourth-order valence-electron chi connectivity index (χ4n) is 1.51. The van der Waals surface area contributed by atoms with Crippen molar-refractivity contribution < 1.29 is 4.74 Å². The number of benzene rings is 1. The van der Waals surface area contributed by atoms with Crippen molar-refractivity contribution in [3.63, 3.8) is 0 Å². The second-order valence-electron chi connectivity index (χ2n) is 3.65. The number of nitrogens with zero attached hydrogens (tertiary/aromatic N) is 1. The van der Waals surface area contributed by atoms with E-state index in [4.69, 9.17) is 4.74 Å². The summed E-state index contributed by atoms with van der Waals surface area (Å²) in [6.07, 6.45) is 0.952. The average Bonchev–Trinajstić information content (AvgIpc) is 2.38. The zero-order chi connectivity index (χ0) is 12.1. The Labute approximate surface area is 99.3 Å². The van der Waals surface area contributed by atoms with Crippen molar-refractivity contribution in [2.45, 2.75) is 13.3 Å². The quantitative estimate of drug-likeness (QED) is 0.876. The molecule has 1 aromatic heterocycles. The van der Waals surface area contributed by atoms with Crippen LogP contribution in [0.25, 0.3) is 11.3 Å². The molecule has 0 fully saturated rings. The molecule has 2 aromatic rings. The lowest BCUT2D eigenvalue weighted by atomic mass is 10.1. The maximum Gasteiger partial charge on any atom is 0.264 e. The zero-order valence-corrected chi connectivity index (χ0v) is 9.64. The maximum atomic E-state index is 11.0. The van der Waals surface area contributed by atoms with Crippen molar-refractivity contribution in [3.8, 4) is 17.0 Å². The van der Waals surface area contributed by atoms with Gasteiger partial charge >= 0.3 is 0 Å². The van der Waals surface area contributed by atoms with Crippen LogP contribution >= 0.6 is 0 Å². The molecule has 0 amide bonds. The number of nitrogens with one attached hydrogen (secondary N) is 1. The van der Waals surface area contributed by atoms with Crippen LogP contribution in [0.1, 0.15) is 13.3 Å². The first-order chi connectivity index (χ1) is 8.31. The third kappa shape index (κ3) is 2.72. The van der Waals surface area contributed by atoms with Crippen LogP contribution in [-0.4, -0.2) is 16.8 Å². The van der Waals surface area contributed by atoms with Gasteiger partial charge in [0.15, 0.2) is 0 Å². The number of hydrogen-bond acceptors (Lipinski definition) is 3. The number of para-hydroxylation sites is 1. The Bertz CT molecular complexity index is 529. The summed E-state index contributed by atoms with van der Waals surface area (Å²) in [4.78, 5) is 11.0. The first kappa shape index (κ1) is 11.4. The SMILES string of the molecule is CCCOc1ccccc1-c1ccc(=O)[nH]n1. The van der Waals surface area contributed by atoms with E-state index in [0.717, 1.165) is 17.7 Å². The molecule has 0 aliphatic rings. The van der Waals surface area contributed by atoms with Crippen molar-refractivity contribution in [2.75, 3.05) is 6.61 Å². The smallest absolute Gasteiger partial charge is 0.264 e. The third-order valence-electron chi connectivity index (χ3n) is 2.30. The van der Waals surface area contributed by atoms with E-state index in [-0.39, 0.29) is 5.56 Å². The summed E-state index contributed by atoms with van der Waals surface area (Å²) in [5.74, 6) is 0.786. The Morgan fingerprint density at radius 1 is 1.24 bits per heavy atom. The van der Waals surface area contributed by atoms with Gasteiger partial charge in [0.05, 0.1) is 12.3 Å². The Balaban J connectivity index is 2.37. The van der Waals surface area contributed by atoms with E-state index in [1.165, 1.54) is 6.07 Å². The highest BCUT2D eigenvalue weighted by molar-refractivity contribution is 5.66.